The Morgan fingerprint density at radius 3 is 2.72 bits per heavy atom. The molecule has 0 spiro atoms. The number of hydrogen-bond acceptors (Lipinski definition) is 2. The van der Waals surface area contributed by atoms with Gasteiger partial charge in [-0.3, -0.25) is 9.59 Å². The van der Waals surface area contributed by atoms with Gasteiger partial charge in [0.05, 0.1) is 10.9 Å². The summed E-state index contributed by atoms with van der Waals surface area (Å²) >= 11 is 9.06. The molecule has 1 unspecified atom stereocenters. The molecule has 18 heavy (non-hydrogen) atoms. The molecule has 1 atom stereocenters. The van der Waals surface area contributed by atoms with Crippen molar-refractivity contribution in [2.75, 3.05) is 6.54 Å². The van der Waals surface area contributed by atoms with Crippen LogP contribution in [0, 0.1) is 5.92 Å². The van der Waals surface area contributed by atoms with E-state index in [4.69, 9.17) is 16.7 Å². The lowest BCUT2D eigenvalue weighted by atomic mass is 10.1. The number of carboxylic acid groups (broad SMARTS) is 1. The van der Waals surface area contributed by atoms with Crippen LogP contribution in [0.1, 0.15) is 23.7 Å². The van der Waals surface area contributed by atoms with Gasteiger partial charge in [-0.25, -0.2) is 0 Å². The third kappa shape index (κ3) is 4.31. The fourth-order valence-electron chi connectivity index (χ4n) is 1.27. The number of carbonyl (C=O) groups is 2. The van der Waals surface area contributed by atoms with Crippen LogP contribution in [-0.4, -0.2) is 23.5 Å². The minimum atomic E-state index is -0.863. The van der Waals surface area contributed by atoms with Gasteiger partial charge >= 0.3 is 5.97 Å². The summed E-state index contributed by atoms with van der Waals surface area (Å²) < 4.78 is 0.649. The second-order valence-electron chi connectivity index (χ2n) is 3.91. The van der Waals surface area contributed by atoms with Gasteiger partial charge in [-0.2, -0.15) is 0 Å². The second-order valence-corrected chi connectivity index (χ2v) is 5.17. The molecule has 1 aromatic carbocycles. The van der Waals surface area contributed by atoms with Crippen LogP contribution in [0.15, 0.2) is 22.7 Å². The number of halogens is 2. The summed E-state index contributed by atoms with van der Waals surface area (Å²) in [6.45, 7) is 1.93. The molecule has 0 aliphatic heterocycles. The molecule has 0 fully saturated rings. The van der Waals surface area contributed by atoms with Crippen LogP contribution in [-0.2, 0) is 4.79 Å². The van der Waals surface area contributed by atoms with Crippen molar-refractivity contribution in [1.29, 1.82) is 0 Å². The molecule has 1 amide bonds. The van der Waals surface area contributed by atoms with Gasteiger partial charge in [0, 0.05) is 16.6 Å². The standard InChI is InChI=1S/C12H13BrClNO3/c1-7(12(17)18)4-5-15-11(16)8-2-3-10(14)9(13)6-8/h2-3,6-7H,4-5H2,1H3,(H,15,16)(H,17,18). The minimum Gasteiger partial charge on any atom is -0.481 e. The van der Waals surface area contributed by atoms with E-state index < -0.39 is 11.9 Å². The number of rotatable bonds is 5. The Morgan fingerprint density at radius 2 is 2.17 bits per heavy atom. The zero-order valence-electron chi connectivity index (χ0n) is 9.74. The number of carboxylic acids is 1. The van der Waals surface area contributed by atoms with Crippen LogP contribution < -0.4 is 5.32 Å². The molecule has 1 aromatic rings. The van der Waals surface area contributed by atoms with Crippen molar-refractivity contribution in [3.05, 3.63) is 33.3 Å². The van der Waals surface area contributed by atoms with E-state index in [0.717, 1.165) is 0 Å². The first-order valence-corrected chi connectivity index (χ1v) is 6.55. The van der Waals surface area contributed by atoms with Crippen molar-refractivity contribution in [3.8, 4) is 0 Å². The Bertz CT molecular complexity index is 465. The Morgan fingerprint density at radius 1 is 1.50 bits per heavy atom. The van der Waals surface area contributed by atoms with E-state index in [-0.39, 0.29) is 5.91 Å². The lowest BCUT2D eigenvalue weighted by Gasteiger charge is -2.08. The molecule has 6 heteroatoms. The molecule has 4 nitrogen and oxygen atoms in total. The fraction of sp³-hybridized carbons (Fsp3) is 0.333. The van der Waals surface area contributed by atoms with Crippen molar-refractivity contribution in [1.82, 2.24) is 5.32 Å². The van der Waals surface area contributed by atoms with Gasteiger partial charge in [0.15, 0.2) is 0 Å². The monoisotopic (exact) mass is 333 g/mol. The van der Waals surface area contributed by atoms with E-state index in [1.54, 1.807) is 25.1 Å². The van der Waals surface area contributed by atoms with Crippen LogP contribution in [0.3, 0.4) is 0 Å². The summed E-state index contributed by atoms with van der Waals surface area (Å²) in [6.07, 6.45) is 0.399. The summed E-state index contributed by atoms with van der Waals surface area (Å²) in [7, 11) is 0. The highest BCUT2D eigenvalue weighted by Gasteiger charge is 2.12. The van der Waals surface area contributed by atoms with Crippen molar-refractivity contribution in [2.45, 2.75) is 13.3 Å². The maximum Gasteiger partial charge on any atom is 0.306 e. The third-order valence-electron chi connectivity index (χ3n) is 2.47. The van der Waals surface area contributed by atoms with Crippen LogP contribution >= 0.6 is 27.5 Å². The molecule has 0 saturated carbocycles. The van der Waals surface area contributed by atoms with E-state index in [2.05, 4.69) is 21.2 Å². The van der Waals surface area contributed by atoms with Crippen LogP contribution in [0.5, 0.6) is 0 Å². The predicted octanol–water partition coefficient (Wildman–Crippen LogP) is 2.94. The average Bonchev–Trinajstić information content (AvgIpc) is 2.32. The predicted molar refractivity (Wildman–Crippen MR) is 72.9 cm³/mol. The second kappa shape index (κ2) is 6.75. The highest BCUT2D eigenvalue weighted by atomic mass is 79.9. The van der Waals surface area contributed by atoms with E-state index in [9.17, 15) is 9.59 Å². The van der Waals surface area contributed by atoms with Gasteiger partial charge in [0.2, 0.25) is 0 Å². The molecule has 0 radical (unpaired) electrons. The van der Waals surface area contributed by atoms with Crippen molar-refractivity contribution < 1.29 is 14.7 Å². The molecule has 0 aliphatic rings. The Labute approximate surface area is 118 Å². The van der Waals surface area contributed by atoms with Gasteiger partial charge in [0.1, 0.15) is 0 Å². The fourth-order valence-corrected chi connectivity index (χ4v) is 1.76. The number of aliphatic carboxylic acids is 1. The summed E-state index contributed by atoms with van der Waals surface area (Å²) in [5, 5.41) is 11.9. The van der Waals surface area contributed by atoms with E-state index >= 15 is 0 Å². The SMILES string of the molecule is CC(CCNC(=O)c1ccc(Cl)c(Br)c1)C(=O)O. The van der Waals surface area contributed by atoms with E-state index in [1.807, 2.05) is 0 Å². The number of carbonyl (C=O) groups excluding carboxylic acids is 1. The maximum atomic E-state index is 11.7. The first-order valence-electron chi connectivity index (χ1n) is 5.38. The van der Waals surface area contributed by atoms with Crippen molar-refractivity contribution in [3.63, 3.8) is 0 Å². The highest BCUT2D eigenvalue weighted by molar-refractivity contribution is 9.10. The number of amides is 1. The molecule has 0 heterocycles. The first kappa shape index (κ1) is 15.0. The quantitative estimate of drug-likeness (QED) is 0.870. The highest BCUT2D eigenvalue weighted by Crippen LogP contribution is 2.23. The topological polar surface area (TPSA) is 66.4 Å². The van der Waals surface area contributed by atoms with Crippen LogP contribution in [0.4, 0.5) is 0 Å². The van der Waals surface area contributed by atoms with E-state index in [0.29, 0.717) is 28.0 Å². The lowest BCUT2D eigenvalue weighted by molar-refractivity contribution is -0.141. The van der Waals surface area contributed by atoms with Crippen LogP contribution in [0.2, 0.25) is 5.02 Å². The lowest BCUT2D eigenvalue weighted by Crippen LogP contribution is -2.27. The third-order valence-corrected chi connectivity index (χ3v) is 3.68. The summed E-state index contributed by atoms with van der Waals surface area (Å²) in [4.78, 5) is 22.3. The van der Waals surface area contributed by atoms with E-state index in [1.165, 1.54) is 0 Å². The first-order chi connectivity index (χ1) is 8.41. The normalized spacial score (nSPS) is 11.9. The molecule has 0 aliphatic carbocycles. The molecule has 0 saturated heterocycles. The zero-order chi connectivity index (χ0) is 13.7. The van der Waals surface area contributed by atoms with Gasteiger partial charge < -0.3 is 10.4 Å². The average molecular weight is 335 g/mol. The Hall–Kier alpha value is -1.07. The summed E-state index contributed by atoms with van der Waals surface area (Å²) in [5.74, 6) is -1.58. The molecule has 0 bridgehead atoms. The maximum absolute atomic E-state index is 11.7. The van der Waals surface area contributed by atoms with Gasteiger partial charge in [-0.1, -0.05) is 18.5 Å². The molecule has 98 valence electrons. The molecule has 2 N–H and O–H groups in total. The summed E-state index contributed by atoms with van der Waals surface area (Å²) in [6, 6.07) is 4.86. The number of nitrogens with one attached hydrogen (secondary N) is 1. The Kier molecular flexibility index (Phi) is 5.62. The molecule has 0 aromatic heterocycles. The smallest absolute Gasteiger partial charge is 0.306 e. The van der Waals surface area contributed by atoms with Crippen molar-refractivity contribution in [2.24, 2.45) is 5.92 Å². The Balaban J connectivity index is 2.50. The number of hydrogen-bond donors (Lipinski definition) is 2. The largest absolute Gasteiger partial charge is 0.481 e. The van der Waals surface area contributed by atoms with Gasteiger partial charge in [-0.05, 0) is 40.5 Å². The molecule has 1 rings (SSSR count). The minimum absolute atomic E-state index is 0.245. The summed E-state index contributed by atoms with van der Waals surface area (Å²) in [5.41, 5.74) is 0.481. The van der Waals surface area contributed by atoms with Gasteiger partial charge in [0.25, 0.3) is 5.91 Å². The van der Waals surface area contributed by atoms with Crippen molar-refractivity contribution >= 4 is 39.4 Å². The van der Waals surface area contributed by atoms with Crippen LogP contribution in [0.25, 0.3) is 0 Å². The molecular weight excluding hydrogens is 321 g/mol. The number of benzene rings is 1. The zero-order valence-corrected chi connectivity index (χ0v) is 12.1. The molecular formula is C12H13BrClNO3. The van der Waals surface area contributed by atoms with Gasteiger partial charge in [-0.15, -0.1) is 0 Å².